The third-order valence-corrected chi connectivity index (χ3v) is 4.92. The molecule has 0 saturated carbocycles. The molecule has 1 heterocycles. The molecule has 1 N–H and O–H groups in total. The van der Waals surface area contributed by atoms with Gasteiger partial charge in [-0.1, -0.05) is 32.9 Å². The SMILES string of the molecule is CCc1ccc(OC(C)C(=O)N2CCNC(=O)C2CC(=O)OCCC(C)C)cc1. The standard InChI is InChI=1S/C22H32N2O5/c1-5-17-6-8-18(9-7-17)29-16(4)22(27)24-12-11-23-21(26)19(24)14-20(25)28-13-10-15(2)3/h6-9,15-16,19H,5,10-14H2,1-4H3,(H,23,26). The maximum absolute atomic E-state index is 12.9. The number of rotatable bonds is 9. The summed E-state index contributed by atoms with van der Waals surface area (Å²) in [5, 5.41) is 2.72. The quantitative estimate of drug-likeness (QED) is 0.639. The zero-order chi connectivity index (χ0) is 21.4. The van der Waals surface area contributed by atoms with Gasteiger partial charge in [-0.05, 0) is 43.4 Å². The van der Waals surface area contributed by atoms with E-state index in [9.17, 15) is 14.4 Å². The molecule has 0 aromatic heterocycles. The fraction of sp³-hybridized carbons (Fsp3) is 0.591. The number of esters is 1. The zero-order valence-corrected chi connectivity index (χ0v) is 17.8. The normalized spacial score (nSPS) is 17.6. The van der Waals surface area contributed by atoms with E-state index in [0.717, 1.165) is 12.8 Å². The van der Waals surface area contributed by atoms with Crippen LogP contribution >= 0.6 is 0 Å². The van der Waals surface area contributed by atoms with E-state index in [2.05, 4.69) is 12.2 Å². The van der Waals surface area contributed by atoms with Crippen LogP contribution in [0.25, 0.3) is 0 Å². The molecule has 1 aliphatic rings. The van der Waals surface area contributed by atoms with E-state index < -0.39 is 18.1 Å². The summed E-state index contributed by atoms with van der Waals surface area (Å²) in [4.78, 5) is 38.8. The Morgan fingerprint density at radius 3 is 2.52 bits per heavy atom. The molecule has 7 nitrogen and oxygen atoms in total. The fourth-order valence-corrected chi connectivity index (χ4v) is 3.10. The number of benzene rings is 1. The first-order valence-electron chi connectivity index (χ1n) is 10.3. The molecule has 29 heavy (non-hydrogen) atoms. The van der Waals surface area contributed by atoms with Crippen molar-refractivity contribution in [3.8, 4) is 5.75 Å². The maximum atomic E-state index is 12.9. The van der Waals surface area contributed by atoms with Crippen LogP contribution in [0.2, 0.25) is 0 Å². The van der Waals surface area contributed by atoms with E-state index in [1.165, 1.54) is 10.5 Å². The van der Waals surface area contributed by atoms with E-state index in [1.54, 1.807) is 6.92 Å². The first kappa shape index (κ1) is 22.7. The van der Waals surface area contributed by atoms with E-state index in [4.69, 9.17) is 9.47 Å². The van der Waals surface area contributed by atoms with Crippen molar-refractivity contribution >= 4 is 17.8 Å². The smallest absolute Gasteiger partial charge is 0.308 e. The Labute approximate surface area is 172 Å². The summed E-state index contributed by atoms with van der Waals surface area (Å²) in [5.74, 6) is -0.129. The number of aryl methyl sites for hydroxylation is 1. The third-order valence-electron chi connectivity index (χ3n) is 4.92. The average molecular weight is 405 g/mol. The van der Waals surface area contributed by atoms with Crippen LogP contribution in [0.3, 0.4) is 0 Å². The molecule has 0 radical (unpaired) electrons. The van der Waals surface area contributed by atoms with Gasteiger partial charge in [-0.15, -0.1) is 0 Å². The highest BCUT2D eigenvalue weighted by molar-refractivity contribution is 5.93. The molecule has 1 aliphatic heterocycles. The minimum absolute atomic E-state index is 0.159. The van der Waals surface area contributed by atoms with Gasteiger partial charge in [0.05, 0.1) is 13.0 Å². The van der Waals surface area contributed by atoms with Crippen LogP contribution in [-0.4, -0.2) is 54.5 Å². The minimum atomic E-state index is -0.878. The van der Waals surface area contributed by atoms with Crippen molar-refractivity contribution in [2.24, 2.45) is 5.92 Å². The Balaban J connectivity index is 1.98. The molecule has 1 fully saturated rings. The fourth-order valence-electron chi connectivity index (χ4n) is 3.10. The first-order chi connectivity index (χ1) is 13.8. The number of carbonyl (C=O) groups excluding carboxylic acids is 3. The molecule has 7 heteroatoms. The minimum Gasteiger partial charge on any atom is -0.481 e. The number of carbonyl (C=O) groups is 3. The van der Waals surface area contributed by atoms with Crippen molar-refractivity contribution < 1.29 is 23.9 Å². The highest BCUT2D eigenvalue weighted by atomic mass is 16.5. The lowest BCUT2D eigenvalue weighted by atomic mass is 10.1. The summed E-state index contributed by atoms with van der Waals surface area (Å²) in [5.41, 5.74) is 1.18. The molecular formula is C22H32N2O5. The molecule has 0 spiro atoms. The van der Waals surface area contributed by atoms with Crippen LogP contribution in [0.15, 0.2) is 24.3 Å². The van der Waals surface area contributed by atoms with Crippen molar-refractivity contribution in [3.05, 3.63) is 29.8 Å². The number of hydrogen-bond acceptors (Lipinski definition) is 5. The number of ether oxygens (including phenoxy) is 2. The van der Waals surface area contributed by atoms with Gasteiger partial charge in [0.15, 0.2) is 6.10 Å². The van der Waals surface area contributed by atoms with Gasteiger partial charge >= 0.3 is 5.97 Å². The van der Waals surface area contributed by atoms with Crippen molar-refractivity contribution in [2.75, 3.05) is 19.7 Å². The second kappa shape index (κ2) is 10.8. The number of hydrogen-bond donors (Lipinski definition) is 1. The summed E-state index contributed by atoms with van der Waals surface area (Å²) in [6.45, 7) is 8.79. The van der Waals surface area contributed by atoms with Gasteiger partial charge in [0.1, 0.15) is 11.8 Å². The van der Waals surface area contributed by atoms with Crippen molar-refractivity contribution in [2.45, 2.75) is 59.1 Å². The molecule has 1 aromatic carbocycles. The van der Waals surface area contributed by atoms with E-state index in [-0.39, 0.29) is 18.2 Å². The molecule has 2 rings (SSSR count). The lowest BCUT2D eigenvalue weighted by Gasteiger charge is -2.36. The largest absolute Gasteiger partial charge is 0.481 e. The summed E-state index contributed by atoms with van der Waals surface area (Å²) >= 11 is 0. The van der Waals surface area contributed by atoms with Gasteiger partial charge in [0, 0.05) is 13.1 Å². The maximum Gasteiger partial charge on any atom is 0.308 e. The Kier molecular flexibility index (Phi) is 8.49. The average Bonchev–Trinajstić information content (AvgIpc) is 2.69. The summed E-state index contributed by atoms with van der Waals surface area (Å²) in [6.07, 6.45) is 0.750. The summed E-state index contributed by atoms with van der Waals surface area (Å²) < 4.78 is 11.0. The van der Waals surface area contributed by atoms with E-state index in [0.29, 0.717) is 31.4 Å². The van der Waals surface area contributed by atoms with Crippen LogP contribution < -0.4 is 10.1 Å². The van der Waals surface area contributed by atoms with Crippen molar-refractivity contribution in [1.29, 1.82) is 0 Å². The van der Waals surface area contributed by atoms with Gasteiger partial charge in [-0.3, -0.25) is 14.4 Å². The van der Waals surface area contributed by atoms with Crippen molar-refractivity contribution in [3.63, 3.8) is 0 Å². The van der Waals surface area contributed by atoms with Gasteiger partial charge in [0.2, 0.25) is 5.91 Å². The second-order valence-corrected chi connectivity index (χ2v) is 7.70. The molecule has 1 aromatic rings. The Morgan fingerprint density at radius 2 is 1.90 bits per heavy atom. The molecule has 0 bridgehead atoms. The van der Waals surface area contributed by atoms with Crippen LogP contribution in [0.4, 0.5) is 0 Å². The number of nitrogens with zero attached hydrogens (tertiary/aromatic N) is 1. The second-order valence-electron chi connectivity index (χ2n) is 7.70. The topological polar surface area (TPSA) is 84.9 Å². The van der Waals surface area contributed by atoms with Crippen LogP contribution in [0.1, 0.15) is 46.1 Å². The summed E-state index contributed by atoms with van der Waals surface area (Å²) in [6, 6.07) is 6.69. The van der Waals surface area contributed by atoms with E-state index in [1.807, 2.05) is 38.1 Å². The molecule has 2 unspecified atom stereocenters. The highest BCUT2D eigenvalue weighted by Gasteiger charge is 2.37. The predicted molar refractivity (Wildman–Crippen MR) is 109 cm³/mol. The lowest BCUT2D eigenvalue weighted by molar-refractivity contribution is -0.154. The molecule has 0 aliphatic carbocycles. The van der Waals surface area contributed by atoms with Crippen LogP contribution in [-0.2, 0) is 25.5 Å². The highest BCUT2D eigenvalue weighted by Crippen LogP contribution is 2.18. The Hall–Kier alpha value is -2.57. The van der Waals surface area contributed by atoms with Crippen LogP contribution in [0, 0.1) is 5.92 Å². The monoisotopic (exact) mass is 404 g/mol. The zero-order valence-electron chi connectivity index (χ0n) is 17.8. The molecule has 1 saturated heterocycles. The van der Waals surface area contributed by atoms with Crippen molar-refractivity contribution in [1.82, 2.24) is 10.2 Å². The predicted octanol–water partition coefficient (Wildman–Crippen LogP) is 2.32. The number of amides is 2. The third kappa shape index (κ3) is 6.76. The molecule has 2 amide bonds. The Morgan fingerprint density at radius 1 is 1.21 bits per heavy atom. The molecule has 2 atom stereocenters. The summed E-state index contributed by atoms with van der Waals surface area (Å²) in [7, 11) is 0. The van der Waals surface area contributed by atoms with Crippen LogP contribution in [0.5, 0.6) is 5.75 Å². The van der Waals surface area contributed by atoms with Gasteiger partial charge in [-0.25, -0.2) is 0 Å². The number of piperazine rings is 1. The van der Waals surface area contributed by atoms with Gasteiger partial charge in [0.25, 0.3) is 5.91 Å². The Bertz CT molecular complexity index is 702. The number of nitrogens with one attached hydrogen (secondary N) is 1. The first-order valence-corrected chi connectivity index (χ1v) is 10.3. The van der Waals surface area contributed by atoms with Gasteiger partial charge < -0.3 is 19.7 Å². The molecular weight excluding hydrogens is 372 g/mol. The molecule has 160 valence electrons. The van der Waals surface area contributed by atoms with Gasteiger partial charge in [-0.2, -0.15) is 0 Å². The lowest BCUT2D eigenvalue weighted by Crippen LogP contribution is -2.60. The van der Waals surface area contributed by atoms with E-state index >= 15 is 0 Å².